The maximum atomic E-state index is 12.7. The molecule has 3 rings (SSSR count). The number of aliphatic carboxylic acids is 1. The molecular formula is C20H19Cl2NO4. The van der Waals surface area contributed by atoms with Crippen LogP contribution in [0.1, 0.15) is 30.0 Å². The molecule has 7 heteroatoms. The molecule has 0 bridgehead atoms. The summed E-state index contributed by atoms with van der Waals surface area (Å²) in [5, 5.41) is 10.4. The number of carbonyl (C=O) groups excluding carboxylic acids is 1. The summed E-state index contributed by atoms with van der Waals surface area (Å²) in [6.07, 6.45) is 1.25. The van der Waals surface area contributed by atoms with Gasteiger partial charge in [0.05, 0.1) is 0 Å². The van der Waals surface area contributed by atoms with Crippen molar-refractivity contribution in [3.8, 4) is 0 Å². The number of carbonyl (C=O) groups is 2. The molecule has 1 saturated carbocycles. The van der Waals surface area contributed by atoms with E-state index in [4.69, 9.17) is 27.9 Å². The molecule has 0 aliphatic heterocycles. The molecular weight excluding hydrogens is 389 g/mol. The minimum atomic E-state index is -1.22. The number of carboxylic acids is 1. The van der Waals surface area contributed by atoms with Crippen molar-refractivity contribution in [3.05, 3.63) is 69.7 Å². The third-order valence-corrected chi connectivity index (χ3v) is 4.77. The average Bonchev–Trinajstić information content (AvgIpc) is 3.43. The number of ether oxygens (including phenoxy) is 1. The number of carboxylic acid groups (broad SMARTS) is 1. The molecule has 1 unspecified atom stereocenters. The molecule has 1 aliphatic carbocycles. The van der Waals surface area contributed by atoms with Crippen molar-refractivity contribution in [3.63, 3.8) is 0 Å². The lowest BCUT2D eigenvalue weighted by atomic mass is 10.1. The van der Waals surface area contributed by atoms with Crippen LogP contribution in [0, 0.1) is 5.92 Å². The van der Waals surface area contributed by atoms with Gasteiger partial charge in [-0.05, 0) is 48.1 Å². The highest BCUT2D eigenvalue weighted by Crippen LogP contribution is 2.35. The lowest BCUT2D eigenvalue weighted by molar-refractivity contribution is -0.143. The summed E-state index contributed by atoms with van der Waals surface area (Å²) < 4.78 is 5.39. The number of amides is 1. The molecule has 0 radical (unpaired) electrons. The normalized spacial score (nSPS) is 14.4. The van der Waals surface area contributed by atoms with Crippen LogP contribution in [0.5, 0.6) is 0 Å². The minimum Gasteiger partial charge on any atom is -0.479 e. The molecule has 1 amide bonds. The van der Waals surface area contributed by atoms with Gasteiger partial charge in [-0.2, -0.15) is 0 Å². The van der Waals surface area contributed by atoms with Gasteiger partial charge in [0.25, 0.3) is 0 Å². The molecule has 0 heterocycles. The van der Waals surface area contributed by atoms with Crippen LogP contribution in [0.2, 0.25) is 10.0 Å². The smallest absolute Gasteiger partial charge is 0.411 e. The number of hydrogen-bond donors (Lipinski definition) is 1. The average molecular weight is 408 g/mol. The quantitative estimate of drug-likeness (QED) is 0.687. The predicted octanol–water partition coefficient (Wildman–Crippen LogP) is 5.17. The SMILES string of the molecule is O=C(O)C(c1cc(Cl)cc(Cl)c1)N(CC1CC1)C(=O)OCc1ccccc1. The molecule has 1 aliphatic rings. The van der Waals surface area contributed by atoms with Crippen LogP contribution in [0.3, 0.4) is 0 Å². The van der Waals surface area contributed by atoms with Gasteiger partial charge in [-0.3, -0.25) is 4.90 Å². The molecule has 0 spiro atoms. The van der Waals surface area contributed by atoms with Crippen LogP contribution in [-0.4, -0.2) is 28.6 Å². The fourth-order valence-corrected chi connectivity index (χ4v) is 3.40. The van der Waals surface area contributed by atoms with E-state index in [1.54, 1.807) is 0 Å². The monoisotopic (exact) mass is 407 g/mol. The lowest BCUT2D eigenvalue weighted by Crippen LogP contribution is -2.40. The van der Waals surface area contributed by atoms with E-state index < -0.39 is 18.1 Å². The van der Waals surface area contributed by atoms with E-state index in [0.717, 1.165) is 18.4 Å². The number of benzene rings is 2. The second-order valence-electron chi connectivity index (χ2n) is 6.58. The van der Waals surface area contributed by atoms with Gasteiger partial charge >= 0.3 is 12.1 Å². The first-order valence-corrected chi connectivity index (χ1v) is 9.35. The topological polar surface area (TPSA) is 66.8 Å². The zero-order valence-electron chi connectivity index (χ0n) is 14.5. The van der Waals surface area contributed by atoms with Crippen LogP contribution in [0.15, 0.2) is 48.5 Å². The number of nitrogens with zero attached hydrogens (tertiary/aromatic N) is 1. The van der Waals surface area contributed by atoms with Crippen molar-refractivity contribution >= 4 is 35.3 Å². The zero-order chi connectivity index (χ0) is 19.4. The van der Waals surface area contributed by atoms with E-state index in [-0.39, 0.29) is 12.5 Å². The maximum absolute atomic E-state index is 12.7. The molecule has 1 fully saturated rings. The van der Waals surface area contributed by atoms with Crippen molar-refractivity contribution < 1.29 is 19.4 Å². The van der Waals surface area contributed by atoms with Gasteiger partial charge in [-0.15, -0.1) is 0 Å². The second-order valence-corrected chi connectivity index (χ2v) is 7.45. The van der Waals surface area contributed by atoms with Crippen molar-refractivity contribution in [2.45, 2.75) is 25.5 Å². The van der Waals surface area contributed by atoms with Crippen molar-refractivity contribution in [2.75, 3.05) is 6.54 Å². The number of hydrogen-bond acceptors (Lipinski definition) is 3. The highest BCUT2D eigenvalue weighted by molar-refractivity contribution is 6.34. The Balaban J connectivity index is 1.83. The van der Waals surface area contributed by atoms with E-state index in [9.17, 15) is 14.7 Å². The molecule has 5 nitrogen and oxygen atoms in total. The summed E-state index contributed by atoms with van der Waals surface area (Å²) in [5.74, 6) is -0.878. The molecule has 2 aromatic rings. The fraction of sp³-hybridized carbons (Fsp3) is 0.300. The first kappa shape index (κ1) is 19.5. The summed E-state index contributed by atoms with van der Waals surface area (Å²) in [6, 6.07) is 12.6. The van der Waals surface area contributed by atoms with E-state index in [1.807, 2.05) is 30.3 Å². The van der Waals surface area contributed by atoms with E-state index in [1.165, 1.54) is 23.1 Å². The standard InChI is InChI=1S/C20H19Cl2NO4/c21-16-8-15(9-17(22)10-16)18(19(24)25)23(11-13-6-7-13)20(26)27-12-14-4-2-1-3-5-14/h1-5,8-10,13,18H,6-7,11-12H2,(H,24,25). The Kier molecular flexibility index (Phi) is 6.24. The van der Waals surface area contributed by atoms with Crippen molar-refractivity contribution in [1.29, 1.82) is 0 Å². The fourth-order valence-electron chi connectivity index (χ4n) is 2.86. The molecule has 1 N–H and O–H groups in total. The highest BCUT2D eigenvalue weighted by Gasteiger charge is 2.37. The van der Waals surface area contributed by atoms with Crippen molar-refractivity contribution in [2.24, 2.45) is 5.92 Å². The summed E-state index contributed by atoms with van der Waals surface area (Å²) >= 11 is 12.1. The molecule has 1 atom stereocenters. The second kappa shape index (κ2) is 8.63. The van der Waals surface area contributed by atoms with Crippen LogP contribution in [-0.2, 0) is 16.1 Å². The number of halogens is 2. The molecule has 27 heavy (non-hydrogen) atoms. The minimum absolute atomic E-state index is 0.0729. The Morgan fingerprint density at radius 3 is 2.30 bits per heavy atom. The van der Waals surface area contributed by atoms with E-state index in [2.05, 4.69) is 0 Å². The zero-order valence-corrected chi connectivity index (χ0v) is 16.0. The Morgan fingerprint density at radius 2 is 1.74 bits per heavy atom. The van der Waals surface area contributed by atoms with Crippen LogP contribution in [0.25, 0.3) is 0 Å². The predicted molar refractivity (Wildman–Crippen MR) is 103 cm³/mol. The summed E-state index contributed by atoms with van der Waals surface area (Å²) in [6.45, 7) is 0.387. The van der Waals surface area contributed by atoms with Gasteiger partial charge in [0, 0.05) is 16.6 Å². The molecule has 2 aromatic carbocycles. The lowest BCUT2D eigenvalue weighted by Gasteiger charge is -2.29. The van der Waals surface area contributed by atoms with Gasteiger partial charge < -0.3 is 9.84 Å². The molecule has 142 valence electrons. The van der Waals surface area contributed by atoms with Crippen molar-refractivity contribution in [1.82, 2.24) is 4.90 Å². The van der Waals surface area contributed by atoms with Crippen LogP contribution < -0.4 is 0 Å². The summed E-state index contributed by atoms with van der Waals surface area (Å²) in [7, 11) is 0. The summed E-state index contributed by atoms with van der Waals surface area (Å²) in [4.78, 5) is 26.0. The van der Waals surface area contributed by atoms with Gasteiger partial charge in [0.2, 0.25) is 0 Å². The highest BCUT2D eigenvalue weighted by atomic mass is 35.5. The van der Waals surface area contributed by atoms with Gasteiger partial charge in [-0.25, -0.2) is 9.59 Å². The first-order valence-electron chi connectivity index (χ1n) is 8.60. The van der Waals surface area contributed by atoms with Gasteiger partial charge in [-0.1, -0.05) is 53.5 Å². The van der Waals surface area contributed by atoms with E-state index in [0.29, 0.717) is 22.2 Å². The largest absolute Gasteiger partial charge is 0.479 e. The summed E-state index contributed by atoms with van der Waals surface area (Å²) in [5.41, 5.74) is 1.17. The number of rotatable bonds is 7. The molecule has 0 saturated heterocycles. The van der Waals surface area contributed by atoms with Crippen LogP contribution >= 0.6 is 23.2 Å². The maximum Gasteiger partial charge on any atom is 0.411 e. The Hall–Kier alpha value is -2.24. The first-order chi connectivity index (χ1) is 12.9. The van der Waals surface area contributed by atoms with Gasteiger partial charge in [0.15, 0.2) is 6.04 Å². The third-order valence-electron chi connectivity index (χ3n) is 4.34. The molecule has 0 aromatic heterocycles. The van der Waals surface area contributed by atoms with Crippen LogP contribution in [0.4, 0.5) is 4.79 Å². The Morgan fingerprint density at radius 1 is 1.11 bits per heavy atom. The third kappa shape index (κ3) is 5.37. The Bertz CT molecular complexity index is 804. The van der Waals surface area contributed by atoms with Gasteiger partial charge in [0.1, 0.15) is 6.61 Å². The Labute approximate surface area is 167 Å². The van der Waals surface area contributed by atoms with E-state index >= 15 is 0 Å².